The number of likely N-dealkylation sites (tertiary alicyclic amines) is 1. The van der Waals surface area contributed by atoms with Crippen LogP contribution in [0.3, 0.4) is 0 Å². The molecule has 2 rings (SSSR count). The van der Waals surface area contributed by atoms with Gasteiger partial charge in [0.1, 0.15) is 0 Å². The van der Waals surface area contributed by atoms with Gasteiger partial charge in [-0.15, -0.1) is 0 Å². The Morgan fingerprint density at radius 1 is 1.44 bits per heavy atom. The van der Waals surface area contributed by atoms with Gasteiger partial charge in [0.15, 0.2) is 6.23 Å². The Hall–Kier alpha value is -1.46. The van der Waals surface area contributed by atoms with Crippen molar-refractivity contribution >= 4 is 0 Å². The van der Waals surface area contributed by atoms with Crippen LogP contribution in [0.4, 0.5) is 0 Å². The van der Waals surface area contributed by atoms with E-state index in [0.717, 1.165) is 5.56 Å². The summed E-state index contributed by atoms with van der Waals surface area (Å²) in [6.45, 7) is 1.13. The minimum Gasteiger partial charge on any atom is -0.372 e. The van der Waals surface area contributed by atoms with Gasteiger partial charge in [0.2, 0.25) is 0 Å². The lowest BCUT2D eigenvalue weighted by molar-refractivity contribution is -0.533. The molecule has 1 aromatic rings. The molecule has 1 saturated heterocycles. The maximum atomic E-state index is 10.6. The molecule has 1 aliphatic heterocycles. The molecule has 1 fully saturated rings. The largest absolute Gasteiger partial charge is 0.372 e. The summed E-state index contributed by atoms with van der Waals surface area (Å²) in [5.74, 6) is 0. The van der Waals surface area contributed by atoms with Gasteiger partial charge in [0.25, 0.3) is 6.04 Å². The number of aliphatic hydroxyl groups is 1. The van der Waals surface area contributed by atoms with Crippen molar-refractivity contribution in [1.82, 2.24) is 4.90 Å². The van der Waals surface area contributed by atoms with Crippen LogP contribution in [0.15, 0.2) is 30.3 Å². The van der Waals surface area contributed by atoms with Crippen molar-refractivity contribution in [3.63, 3.8) is 0 Å². The van der Waals surface area contributed by atoms with Gasteiger partial charge < -0.3 is 5.11 Å². The normalized spacial score (nSPS) is 25.8. The number of rotatable bonds is 3. The van der Waals surface area contributed by atoms with Crippen LogP contribution in [0.1, 0.15) is 12.0 Å². The molecule has 5 heteroatoms. The van der Waals surface area contributed by atoms with Crippen molar-refractivity contribution in [1.29, 1.82) is 0 Å². The first-order valence-corrected chi connectivity index (χ1v) is 5.28. The molecule has 1 N–H and O–H groups in total. The summed E-state index contributed by atoms with van der Waals surface area (Å²) >= 11 is 0. The summed E-state index contributed by atoms with van der Waals surface area (Å²) in [6, 6.07) is 8.82. The summed E-state index contributed by atoms with van der Waals surface area (Å²) in [7, 11) is 0. The molecular formula is C11H14N2O3. The predicted molar refractivity (Wildman–Crippen MR) is 58.3 cm³/mol. The topological polar surface area (TPSA) is 66.6 Å². The van der Waals surface area contributed by atoms with E-state index in [0.29, 0.717) is 19.5 Å². The lowest BCUT2D eigenvalue weighted by atomic mass is 10.2. The minimum atomic E-state index is -0.963. The second kappa shape index (κ2) is 4.59. The Morgan fingerprint density at radius 2 is 2.12 bits per heavy atom. The third-order valence-corrected chi connectivity index (χ3v) is 2.93. The van der Waals surface area contributed by atoms with Crippen molar-refractivity contribution in [2.24, 2.45) is 0 Å². The second-order valence-corrected chi connectivity index (χ2v) is 4.01. The first-order valence-electron chi connectivity index (χ1n) is 5.28. The molecule has 0 amide bonds. The number of hydrogen-bond acceptors (Lipinski definition) is 4. The van der Waals surface area contributed by atoms with Gasteiger partial charge in [0.05, 0.1) is 0 Å². The molecule has 5 nitrogen and oxygen atoms in total. The van der Waals surface area contributed by atoms with Crippen LogP contribution in [0.5, 0.6) is 0 Å². The van der Waals surface area contributed by atoms with E-state index in [9.17, 15) is 15.2 Å². The SMILES string of the molecule is O=[N+]([O-])[C@@H]1CCN(Cc2ccccc2)[C@H]1O. The summed E-state index contributed by atoms with van der Waals surface area (Å²) in [6.07, 6.45) is -0.545. The van der Waals surface area contributed by atoms with E-state index in [1.54, 1.807) is 4.90 Å². The van der Waals surface area contributed by atoms with Crippen LogP contribution in [0, 0.1) is 10.1 Å². The Balaban J connectivity index is 2.00. The van der Waals surface area contributed by atoms with E-state index in [-0.39, 0.29) is 0 Å². The van der Waals surface area contributed by atoms with Gasteiger partial charge in [-0.05, 0) is 5.56 Å². The standard InChI is InChI=1S/C11H14N2O3/c14-11-10(13(15)16)6-7-12(11)8-9-4-2-1-3-5-9/h1-5,10-11,14H,6-8H2/t10-,11+/m1/s1. The van der Waals surface area contributed by atoms with Crippen LogP contribution in [0.2, 0.25) is 0 Å². The van der Waals surface area contributed by atoms with Crippen molar-refractivity contribution in [2.45, 2.75) is 25.2 Å². The van der Waals surface area contributed by atoms with Crippen LogP contribution in [-0.4, -0.2) is 33.7 Å². The third-order valence-electron chi connectivity index (χ3n) is 2.93. The van der Waals surface area contributed by atoms with Gasteiger partial charge in [-0.25, -0.2) is 0 Å². The highest BCUT2D eigenvalue weighted by Crippen LogP contribution is 2.20. The lowest BCUT2D eigenvalue weighted by Crippen LogP contribution is -2.38. The maximum Gasteiger partial charge on any atom is 0.253 e. The van der Waals surface area contributed by atoms with E-state index < -0.39 is 17.2 Å². The molecule has 2 atom stereocenters. The molecule has 0 aliphatic carbocycles. The van der Waals surface area contributed by atoms with Crippen LogP contribution in [-0.2, 0) is 6.54 Å². The van der Waals surface area contributed by atoms with Crippen LogP contribution in [0.25, 0.3) is 0 Å². The Bertz CT molecular complexity index is 369. The molecule has 0 bridgehead atoms. The Kier molecular flexibility index (Phi) is 3.17. The summed E-state index contributed by atoms with van der Waals surface area (Å²) in [5, 5.41) is 20.4. The first-order chi connectivity index (χ1) is 7.68. The van der Waals surface area contributed by atoms with E-state index >= 15 is 0 Å². The van der Waals surface area contributed by atoms with Crippen molar-refractivity contribution in [3.8, 4) is 0 Å². The smallest absolute Gasteiger partial charge is 0.253 e. The van der Waals surface area contributed by atoms with Gasteiger partial charge in [0, 0.05) is 24.4 Å². The van der Waals surface area contributed by atoms with Crippen molar-refractivity contribution in [2.75, 3.05) is 6.54 Å². The fourth-order valence-electron chi connectivity index (χ4n) is 2.03. The number of nitrogens with zero attached hydrogens (tertiary/aromatic N) is 2. The number of hydrogen-bond donors (Lipinski definition) is 1. The summed E-state index contributed by atoms with van der Waals surface area (Å²) in [4.78, 5) is 12.0. The molecule has 0 aromatic heterocycles. The number of benzene rings is 1. The zero-order valence-electron chi connectivity index (χ0n) is 8.82. The van der Waals surface area contributed by atoms with Gasteiger partial charge in [-0.2, -0.15) is 0 Å². The highest BCUT2D eigenvalue weighted by atomic mass is 16.6. The highest BCUT2D eigenvalue weighted by molar-refractivity contribution is 5.14. The molecule has 0 spiro atoms. The Labute approximate surface area is 93.5 Å². The Morgan fingerprint density at radius 3 is 2.69 bits per heavy atom. The second-order valence-electron chi connectivity index (χ2n) is 4.01. The van der Waals surface area contributed by atoms with Crippen molar-refractivity contribution in [3.05, 3.63) is 46.0 Å². The molecule has 0 saturated carbocycles. The summed E-state index contributed by atoms with van der Waals surface area (Å²) < 4.78 is 0. The van der Waals surface area contributed by atoms with Gasteiger partial charge in [-0.1, -0.05) is 30.3 Å². The molecule has 1 aliphatic rings. The third kappa shape index (κ3) is 2.20. The zero-order chi connectivity index (χ0) is 11.5. The lowest BCUT2D eigenvalue weighted by Gasteiger charge is -2.19. The van der Waals surface area contributed by atoms with E-state index in [2.05, 4.69) is 0 Å². The highest BCUT2D eigenvalue weighted by Gasteiger charge is 2.40. The molecule has 1 heterocycles. The summed E-state index contributed by atoms with van der Waals surface area (Å²) in [5.41, 5.74) is 1.06. The average molecular weight is 222 g/mol. The first kappa shape index (κ1) is 11.0. The minimum absolute atomic E-state index is 0.393. The fraction of sp³-hybridized carbons (Fsp3) is 0.455. The van der Waals surface area contributed by atoms with Gasteiger partial charge in [-0.3, -0.25) is 15.0 Å². The van der Waals surface area contributed by atoms with E-state index in [4.69, 9.17) is 0 Å². The van der Waals surface area contributed by atoms with Crippen molar-refractivity contribution < 1.29 is 10.0 Å². The number of nitro groups is 1. The number of aliphatic hydroxyl groups excluding tert-OH is 1. The predicted octanol–water partition coefficient (Wildman–Crippen LogP) is 0.856. The van der Waals surface area contributed by atoms with Crippen LogP contribution >= 0.6 is 0 Å². The quantitative estimate of drug-likeness (QED) is 0.608. The molecule has 86 valence electrons. The zero-order valence-corrected chi connectivity index (χ0v) is 8.82. The maximum absolute atomic E-state index is 10.6. The van der Waals surface area contributed by atoms with Crippen LogP contribution < -0.4 is 0 Å². The molecule has 16 heavy (non-hydrogen) atoms. The van der Waals surface area contributed by atoms with E-state index in [1.165, 1.54) is 0 Å². The molecule has 0 unspecified atom stereocenters. The van der Waals surface area contributed by atoms with Gasteiger partial charge >= 0.3 is 0 Å². The molecule has 0 radical (unpaired) electrons. The molecule has 1 aromatic carbocycles. The average Bonchev–Trinajstić information content (AvgIpc) is 2.62. The molecular weight excluding hydrogens is 208 g/mol. The monoisotopic (exact) mass is 222 g/mol. The van der Waals surface area contributed by atoms with E-state index in [1.807, 2.05) is 30.3 Å². The fourth-order valence-corrected chi connectivity index (χ4v) is 2.03.